The average Bonchev–Trinajstić information content (AvgIpc) is 2.52. The first kappa shape index (κ1) is 17.9. The van der Waals surface area contributed by atoms with E-state index in [1.807, 2.05) is 0 Å². The van der Waals surface area contributed by atoms with Gasteiger partial charge < -0.3 is 4.74 Å². The van der Waals surface area contributed by atoms with Gasteiger partial charge in [0.1, 0.15) is 0 Å². The molecule has 11 heteroatoms. The van der Waals surface area contributed by atoms with E-state index in [0.717, 1.165) is 25.3 Å². The van der Waals surface area contributed by atoms with Gasteiger partial charge in [-0.05, 0) is 12.1 Å². The number of benzene rings is 2. The highest BCUT2D eigenvalue weighted by atomic mass is 32.2. The van der Waals surface area contributed by atoms with Crippen molar-refractivity contribution in [2.24, 2.45) is 0 Å². The van der Waals surface area contributed by atoms with E-state index in [1.54, 1.807) is 0 Å². The van der Waals surface area contributed by atoms with Crippen LogP contribution in [0, 0.1) is 34.9 Å². The molecule has 24 heavy (non-hydrogen) atoms. The summed E-state index contributed by atoms with van der Waals surface area (Å²) in [6, 6.07) is 3.12. The predicted molar refractivity (Wildman–Crippen MR) is 70.0 cm³/mol. The lowest BCUT2D eigenvalue weighted by Crippen LogP contribution is -2.20. The van der Waals surface area contributed by atoms with Crippen molar-refractivity contribution in [3.05, 3.63) is 53.1 Å². The van der Waals surface area contributed by atoms with Crippen LogP contribution < -0.4 is 9.46 Å². The number of anilines is 1. The molecule has 0 spiro atoms. The molecule has 0 bridgehead atoms. The van der Waals surface area contributed by atoms with Crippen molar-refractivity contribution in [3.8, 4) is 5.75 Å². The van der Waals surface area contributed by atoms with Crippen LogP contribution in [0.2, 0.25) is 0 Å². The molecule has 2 rings (SSSR count). The fourth-order valence-corrected chi connectivity index (χ4v) is 2.96. The van der Waals surface area contributed by atoms with Crippen LogP contribution in [-0.2, 0) is 10.0 Å². The number of methoxy groups -OCH3 is 1. The molecule has 2 aromatic carbocycles. The number of hydrogen-bond acceptors (Lipinski definition) is 3. The minimum Gasteiger partial charge on any atom is -0.494 e. The van der Waals surface area contributed by atoms with Crippen molar-refractivity contribution in [3.63, 3.8) is 0 Å². The Labute approximate surface area is 131 Å². The molecule has 0 aromatic heterocycles. The third-order valence-corrected chi connectivity index (χ3v) is 4.25. The maximum atomic E-state index is 13.9. The summed E-state index contributed by atoms with van der Waals surface area (Å²) in [4.78, 5) is -2.12. The number of sulfonamides is 1. The summed E-state index contributed by atoms with van der Waals surface area (Å²) in [5.41, 5.74) is -0.807. The summed E-state index contributed by atoms with van der Waals surface area (Å²) in [6.07, 6.45) is 0. The normalized spacial score (nSPS) is 11.5. The van der Waals surface area contributed by atoms with Crippen molar-refractivity contribution in [1.29, 1.82) is 0 Å². The Kier molecular flexibility index (Phi) is 4.65. The third-order valence-electron chi connectivity index (χ3n) is 2.87. The number of nitrogens with one attached hydrogen (secondary N) is 1. The molecule has 0 aliphatic carbocycles. The predicted octanol–water partition coefficient (Wildman–Crippen LogP) is 3.33. The summed E-state index contributed by atoms with van der Waals surface area (Å²) in [7, 11) is -4.26. The molecule has 0 saturated heterocycles. The highest BCUT2D eigenvalue weighted by Crippen LogP contribution is 2.30. The maximum absolute atomic E-state index is 13.9. The van der Waals surface area contributed by atoms with Crippen LogP contribution in [0.3, 0.4) is 0 Å². The van der Waals surface area contributed by atoms with Gasteiger partial charge in [0.15, 0.2) is 39.7 Å². The van der Waals surface area contributed by atoms with E-state index < -0.39 is 61.3 Å². The second kappa shape index (κ2) is 6.23. The zero-order chi connectivity index (χ0) is 18.2. The summed E-state index contributed by atoms with van der Waals surface area (Å²) in [6.45, 7) is 0. The first-order chi connectivity index (χ1) is 11.1. The van der Waals surface area contributed by atoms with Crippen LogP contribution in [0.1, 0.15) is 0 Å². The van der Waals surface area contributed by atoms with Gasteiger partial charge in [0, 0.05) is 0 Å². The lowest BCUT2D eigenvalue weighted by Gasteiger charge is -2.13. The standard InChI is InChI=1S/C13H7F6NO3S/c1-23-6-4-2-3-5(7(6)14)20-24(21,22)13-11(18)9(16)8(15)10(17)12(13)19/h2-4,20H,1H3. The number of rotatable bonds is 4. The third kappa shape index (κ3) is 2.86. The molecule has 0 radical (unpaired) electrons. The Morgan fingerprint density at radius 1 is 0.833 bits per heavy atom. The summed E-state index contributed by atoms with van der Waals surface area (Å²) >= 11 is 0. The molecule has 1 N–H and O–H groups in total. The van der Waals surface area contributed by atoms with E-state index in [2.05, 4.69) is 4.74 Å². The molecule has 0 unspecified atom stereocenters. The van der Waals surface area contributed by atoms with Gasteiger partial charge in [0.2, 0.25) is 5.82 Å². The molecule has 0 heterocycles. The fraction of sp³-hybridized carbons (Fsp3) is 0.0769. The summed E-state index contributed by atoms with van der Waals surface area (Å²) in [5.74, 6) is -14.2. The van der Waals surface area contributed by atoms with Crippen molar-refractivity contribution in [1.82, 2.24) is 0 Å². The fourth-order valence-electron chi connectivity index (χ4n) is 1.76. The molecule has 0 aliphatic heterocycles. The highest BCUT2D eigenvalue weighted by Gasteiger charge is 2.34. The van der Waals surface area contributed by atoms with Crippen molar-refractivity contribution < 1.29 is 39.5 Å². The molecule has 0 amide bonds. The van der Waals surface area contributed by atoms with Crippen LogP contribution in [0.5, 0.6) is 5.75 Å². The van der Waals surface area contributed by atoms with Crippen LogP contribution in [-0.4, -0.2) is 15.5 Å². The van der Waals surface area contributed by atoms with E-state index in [0.29, 0.717) is 0 Å². The molecule has 0 atom stereocenters. The number of hydrogen-bond donors (Lipinski definition) is 1. The first-order valence-corrected chi connectivity index (χ1v) is 7.47. The molecular formula is C13H7F6NO3S. The minimum atomic E-state index is -5.33. The van der Waals surface area contributed by atoms with Gasteiger partial charge in [-0.25, -0.2) is 34.8 Å². The van der Waals surface area contributed by atoms with E-state index in [9.17, 15) is 34.8 Å². The summed E-state index contributed by atoms with van der Waals surface area (Å²) in [5, 5.41) is 0. The Balaban J connectivity index is 2.62. The Morgan fingerprint density at radius 3 is 1.83 bits per heavy atom. The molecule has 4 nitrogen and oxygen atoms in total. The molecule has 0 saturated carbocycles. The molecule has 0 aliphatic rings. The Bertz CT molecular complexity index is 887. The average molecular weight is 371 g/mol. The highest BCUT2D eigenvalue weighted by molar-refractivity contribution is 7.92. The monoisotopic (exact) mass is 371 g/mol. The molecule has 0 fully saturated rings. The number of halogens is 6. The van der Waals surface area contributed by atoms with E-state index in [1.165, 1.54) is 4.72 Å². The van der Waals surface area contributed by atoms with Crippen LogP contribution in [0.4, 0.5) is 32.0 Å². The Hall–Kier alpha value is -2.43. The smallest absolute Gasteiger partial charge is 0.268 e. The lowest BCUT2D eigenvalue weighted by atomic mass is 10.3. The lowest BCUT2D eigenvalue weighted by molar-refractivity contribution is 0.358. The van der Waals surface area contributed by atoms with Crippen LogP contribution in [0.25, 0.3) is 0 Å². The summed E-state index contributed by atoms with van der Waals surface area (Å²) < 4.78 is 110. The molecule has 130 valence electrons. The van der Waals surface area contributed by atoms with Crippen molar-refractivity contribution in [2.75, 3.05) is 11.8 Å². The van der Waals surface area contributed by atoms with Gasteiger partial charge >= 0.3 is 0 Å². The van der Waals surface area contributed by atoms with E-state index in [4.69, 9.17) is 0 Å². The van der Waals surface area contributed by atoms with E-state index >= 15 is 0 Å². The van der Waals surface area contributed by atoms with Gasteiger partial charge in [-0.2, -0.15) is 0 Å². The number of ether oxygens (including phenoxy) is 1. The molecular weight excluding hydrogens is 364 g/mol. The largest absolute Gasteiger partial charge is 0.494 e. The second-order valence-electron chi connectivity index (χ2n) is 4.33. The first-order valence-electron chi connectivity index (χ1n) is 5.98. The minimum absolute atomic E-state index is 0.410. The Morgan fingerprint density at radius 2 is 1.33 bits per heavy atom. The van der Waals surface area contributed by atoms with Crippen molar-refractivity contribution in [2.45, 2.75) is 4.90 Å². The quantitative estimate of drug-likeness (QED) is 0.510. The van der Waals surface area contributed by atoms with Gasteiger partial charge in [0.05, 0.1) is 12.8 Å². The zero-order valence-corrected chi connectivity index (χ0v) is 12.4. The van der Waals surface area contributed by atoms with Gasteiger partial charge in [-0.3, -0.25) is 4.72 Å². The van der Waals surface area contributed by atoms with Gasteiger partial charge in [-0.1, -0.05) is 6.07 Å². The van der Waals surface area contributed by atoms with Crippen LogP contribution >= 0.6 is 0 Å². The van der Waals surface area contributed by atoms with Gasteiger partial charge in [0.25, 0.3) is 10.0 Å². The van der Waals surface area contributed by atoms with Gasteiger partial charge in [-0.15, -0.1) is 0 Å². The van der Waals surface area contributed by atoms with Crippen molar-refractivity contribution >= 4 is 15.7 Å². The zero-order valence-electron chi connectivity index (χ0n) is 11.6. The topological polar surface area (TPSA) is 55.4 Å². The second-order valence-corrected chi connectivity index (χ2v) is 5.95. The SMILES string of the molecule is COc1cccc(NS(=O)(=O)c2c(F)c(F)c(F)c(F)c2F)c1F. The van der Waals surface area contributed by atoms with Crippen LogP contribution in [0.15, 0.2) is 23.1 Å². The van der Waals surface area contributed by atoms with E-state index in [-0.39, 0.29) is 0 Å². The maximum Gasteiger partial charge on any atom is 0.268 e. The molecule has 2 aromatic rings.